The van der Waals surface area contributed by atoms with E-state index in [1.165, 1.54) is 43.2 Å². The number of aryl methyl sites for hydroxylation is 1. The zero-order chi connectivity index (χ0) is 21.3. The monoisotopic (exact) mass is 424 g/mol. The Kier molecular flexibility index (Phi) is 7.61. The van der Waals surface area contributed by atoms with Crippen molar-refractivity contribution < 1.29 is 29.7 Å². The van der Waals surface area contributed by atoms with E-state index in [0.717, 1.165) is 6.54 Å². The summed E-state index contributed by atoms with van der Waals surface area (Å²) in [7, 11) is -10.7. The van der Waals surface area contributed by atoms with Crippen LogP contribution in [-0.4, -0.2) is 0 Å². The van der Waals surface area contributed by atoms with Crippen LogP contribution in [-0.2, 0) is 13.0 Å². The van der Waals surface area contributed by atoms with Crippen molar-refractivity contribution in [2.75, 3.05) is 0 Å². The van der Waals surface area contributed by atoms with Crippen molar-refractivity contribution in [1.29, 1.82) is 5.26 Å². The van der Waals surface area contributed by atoms with Crippen LogP contribution in [0, 0.1) is 11.3 Å². The van der Waals surface area contributed by atoms with E-state index in [0.29, 0.717) is 5.56 Å². The number of pyridine rings is 1. The molecular weight excluding hydrogens is 401 g/mol. The van der Waals surface area contributed by atoms with Crippen LogP contribution in [0.25, 0.3) is 0 Å². The van der Waals surface area contributed by atoms with Gasteiger partial charge < -0.3 is 0 Å². The number of nitriles is 1. The summed E-state index contributed by atoms with van der Waals surface area (Å²) in [6.45, 7) is 3.09. The third-order valence-corrected chi connectivity index (χ3v) is 3.73. The van der Waals surface area contributed by atoms with Gasteiger partial charge in [0.25, 0.3) is 0 Å². The Labute approximate surface area is 160 Å². The van der Waals surface area contributed by atoms with Crippen LogP contribution in [0.5, 0.6) is 0 Å². The van der Waals surface area contributed by atoms with Crippen LogP contribution >= 0.6 is 7.81 Å². The van der Waals surface area contributed by atoms with Crippen LogP contribution < -0.4 is 4.57 Å². The average Bonchev–Trinajstić information content (AvgIpc) is 2.58. The van der Waals surface area contributed by atoms with Crippen LogP contribution in [0.2, 0.25) is 0 Å². The second kappa shape index (κ2) is 8.91. The summed E-state index contributed by atoms with van der Waals surface area (Å²) in [5.74, 6) is 0. The number of benzene rings is 1. The Morgan fingerprint density at radius 3 is 1.79 bits per heavy atom. The second-order valence-corrected chi connectivity index (χ2v) is 8.37. The number of hydrogen-bond acceptors (Lipinski definition) is 1. The molecule has 0 unspecified atom stereocenters. The standard InChI is InChI=1S/C19H23N2.F6P/c1-2-3-4-5-6-17-7-9-19(10-8-17)16-21-13-11-18(15-20)12-14-21;1-7(2,3,4,5)6/h7-14H,2-6,16H2,1H3;/q+1;-1. The summed E-state index contributed by atoms with van der Waals surface area (Å²) in [6.07, 6.45) is 10.4. The van der Waals surface area contributed by atoms with Crippen molar-refractivity contribution in [2.45, 2.75) is 45.6 Å². The fourth-order valence-corrected chi connectivity index (χ4v) is 2.42. The fourth-order valence-electron chi connectivity index (χ4n) is 2.42. The maximum atomic E-state index is 9.87. The molecule has 0 N–H and O–H groups in total. The van der Waals surface area contributed by atoms with Crippen molar-refractivity contribution in [1.82, 2.24) is 0 Å². The number of aromatic nitrogens is 1. The van der Waals surface area contributed by atoms with Gasteiger partial charge in [-0.25, -0.2) is 4.57 Å². The zero-order valence-electron chi connectivity index (χ0n) is 15.5. The van der Waals surface area contributed by atoms with E-state index >= 15 is 0 Å². The molecule has 2 nitrogen and oxygen atoms in total. The molecule has 1 heterocycles. The van der Waals surface area contributed by atoms with E-state index in [2.05, 4.69) is 41.8 Å². The van der Waals surface area contributed by atoms with Gasteiger partial charge in [0.05, 0.1) is 11.6 Å². The van der Waals surface area contributed by atoms with E-state index < -0.39 is 7.81 Å². The molecule has 1 aromatic heterocycles. The van der Waals surface area contributed by atoms with Gasteiger partial charge in [0, 0.05) is 17.7 Å². The Morgan fingerprint density at radius 1 is 0.821 bits per heavy atom. The predicted octanol–water partition coefficient (Wildman–Crippen LogP) is 7.40. The number of unbranched alkanes of at least 4 members (excludes halogenated alkanes) is 3. The summed E-state index contributed by atoms with van der Waals surface area (Å²) < 4.78 is 61.3. The van der Waals surface area contributed by atoms with Crippen molar-refractivity contribution in [3.8, 4) is 6.07 Å². The van der Waals surface area contributed by atoms with Gasteiger partial charge in [-0.15, -0.1) is 0 Å². The molecule has 0 radical (unpaired) electrons. The van der Waals surface area contributed by atoms with Gasteiger partial charge in [0.15, 0.2) is 18.9 Å². The van der Waals surface area contributed by atoms with Gasteiger partial charge in [-0.05, 0) is 18.4 Å². The van der Waals surface area contributed by atoms with Crippen LogP contribution in [0.3, 0.4) is 0 Å². The molecule has 0 atom stereocenters. The first-order valence-electron chi connectivity index (χ1n) is 8.80. The molecule has 0 fully saturated rings. The van der Waals surface area contributed by atoms with Gasteiger partial charge >= 0.3 is 33.0 Å². The van der Waals surface area contributed by atoms with Crippen molar-refractivity contribution in [3.05, 3.63) is 65.5 Å². The molecule has 1 aromatic carbocycles. The van der Waals surface area contributed by atoms with E-state index in [9.17, 15) is 25.2 Å². The molecule has 28 heavy (non-hydrogen) atoms. The van der Waals surface area contributed by atoms with Crippen molar-refractivity contribution >= 4 is 7.81 Å². The molecule has 0 spiro atoms. The molecular formula is C19H23F6N2P. The summed E-state index contributed by atoms with van der Waals surface area (Å²) in [6, 6.07) is 14.7. The fraction of sp³-hybridized carbons (Fsp3) is 0.368. The van der Waals surface area contributed by atoms with Gasteiger partial charge in [-0.2, -0.15) is 5.26 Å². The molecule has 0 saturated heterocycles. The van der Waals surface area contributed by atoms with Crippen molar-refractivity contribution in [3.63, 3.8) is 0 Å². The number of halogens is 6. The zero-order valence-corrected chi connectivity index (χ0v) is 16.4. The van der Waals surface area contributed by atoms with E-state index in [4.69, 9.17) is 5.26 Å². The Morgan fingerprint density at radius 2 is 1.32 bits per heavy atom. The summed E-state index contributed by atoms with van der Waals surface area (Å²) >= 11 is 0. The minimum atomic E-state index is -10.7. The first-order chi connectivity index (χ1) is 12.8. The third kappa shape index (κ3) is 14.0. The number of nitrogens with zero attached hydrogens (tertiary/aromatic N) is 2. The molecule has 156 valence electrons. The molecule has 0 aliphatic carbocycles. The first-order valence-corrected chi connectivity index (χ1v) is 10.8. The topological polar surface area (TPSA) is 27.7 Å². The predicted molar refractivity (Wildman–Crippen MR) is 98.3 cm³/mol. The summed E-state index contributed by atoms with van der Waals surface area (Å²) in [4.78, 5) is 0. The molecule has 0 saturated carbocycles. The Balaban J connectivity index is 0.000000480. The maximum absolute atomic E-state index is 10.7. The molecule has 2 aromatic rings. The van der Waals surface area contributed by atoms with Crippen LogP contribution in [0.1, 0.15) is 49.3 Å². The van der Waals surface area contributed by atoms with Crippen molar-refractivity contribution in [2.24, 2.45) is 0 Å². The summed E-state index contributed by atoms with van der Waals surface area (Å²) in [5, 5.41) is 8.79. The molecule has 0 amide bonds. The van der Waals surface area contributed by atoms with Crippen LogP contribution in [0.15, 0.2) is 48.8 Å². The molecule has 0 aliphatic rings. The molecule has 0 bridgehead atoms. The van der Waals surface area contributed by atoms with Gasteiger partial charge in [0.1, 0.15) is 0 Å². The molecule has 9 heteroatoms. The number of rotatable bonds is 7. The van der Waals surface area contributed by atoms with E-state index in [1.54, 1.807) is 0 Å². The van der Waals surface area contributed by atoms with E-state index in [1.807, 2.05) is 24.5 Å². The average molecular weight is 424 g/mol. The second-order valence-electron chi connectivity index (χ2n) is 6.46. The quantitative estimate of drug-likeness (QED) is 0.197. The number of hydrogen-bond donors (Lipinski definition) is 0. The van der Waals surface area contributed by atoms with Crippen LogP contribution in [0.4, 0.5) is 25.2 Å². The Hall–Kier alpha value is -2.13. The third-order valence-electron chi connectivity index (χ3n) is 3.73. The normalized spacial score (nSPS) is 13.5. The van der Waals surface area contributed by atoms with Gasteiger partial charge in [-0.1, -0.05) is 50.5 Å². The SMILES string of the molecule is CCCCCCc1ccc(C[n+]2ccc(C#N)cc2)cc1.F[P-](F)(F)(F)(F)F. The molecule has 2 rings (SSSR count). The Bertz CT molecular complexity index is 767. The summed E-state index contributed by atoms with van der Waals surface area (Å²) in [5.41, 5.74) is 3.43. The van der Waals surface area contributed by atoms with Gasteiger partial charge in [0.2, 0.25) is 0 Å². The van der Waals surface area contributed by atoms with Gasteiger partial charge in [-0.3, -0.25) is 0 Å². The van der Waals surface area contributed by atoms with E-state index in [-0.39, 0.29) is 0 Å². The minimum absolute atomic E-state index is 0.702. The molecule has 0 aliphatic heterocycles. The first kappa shape index (κ1) is 23.9.